The molecule has 0 radical (unpaired) electrons. The summed E-state index contributed by atoms with van der Waals surface area (Å²) in [6.07, 6.45) is 3.04. The van der Waals surface area contributed by atoms with E-state index < -0.39 is 0 Å². The van der Waals surface area contributed by atoms with E-state index >= 15 is 0 Å². The van der Waals surface area contributed by atoms with Crippen molar-refractivity contribution in [2.24, 2.45) is 5.73 Å². The van der Waals surface area contributed by atoms with Gasteiger partial charge in [-0.25, -0.2) is 4.39 Å². The van der Waals surface area contributed by atoms with Gasteiger partial charge in [0.05, 0.1) is 5.69 Å². The third-order valence-corrected chi connectivity index (χ3v) is 4.29. The predicted molar refractivity (Wildman–Crippen MR) is 78.0 cm³/mol. The molecule has 0 bridgehead atoms. The van der Waals surface area contributed by atoms with Crippen molar-refractivity contribution in [3.8, 4) is 5.69 Å². The molecule has 1 aliphatic carbocycles. The Bertz CT molecular complexity index is 633. The summed E-state index contributed by atoms with van der Waals surface area (Å²) in [6.45, 7) is 2.01. The number of nitrogens with zero attached hydrogens (tertiary/aromatic N) is 1. The van der Waals surface area contributed by atoms with Gasteiger partial charge in [0, 0.05) is 21.9 Å². The minimum Gasteiger partial charge on any atom is -0.324 e. The molecule has 0 fully saturated rings. The lowest BCUT2D eigenvalue weighted by Gasteiger charge is -2.21. The number of aromatic nitrogens is 1. The van der Waals surface area contributed by atoms with Gasteiger partial charge in [-0.05, 0) is 56.0 Å². The van der Waals surface area contributed by atoms with Gasteiger partial charge in [0.25, 0.3) is 0 Å². The van der Waals surface area contributed by atoms with Crippen LogP contribution in [0.5, 0.6) is 0 Å². The Morgan fingerprint density at radius 3 is 2.95 bits per heavy atom. The summed E-state index contributed by atoms with van der Waals surface area (Å²) in [6, 6.07) is 7.21. The van der Waals surface area contributed by atoms with Crippen LogP contribution in [0.3, 0.4) is 0 Å². The molecule has 1 aromatic heterocycles. The second-order valence-corrected chi connectivity index (χ2v) is 6.03. The molecule has 3 rings (SSSR count). The first kappa shape index (κ1) is 12.9. The van der Waals surface area contributed by atoms with Crippen LogP contribution >= 0.6 is 15.9 Å². The van der Waals surface area contributed by atoms with Crippen LogP contribution in [-0.4, -0.2) is 4.57 Å². The van der Waals surface area contributed by atoms with Crippen LogP contribution in [-0.2, 0) is 6.42 Å². The zero-order valence-electron chi connectivity index (χ0n) is 10.8. The second-order valence-electron chi connectivity index (χ2n) is 5.12. The lowest BCUT2D eigenvalue weighted by atomic mass is 9.93. The summed E-state index contributed by atoms with van der Waals surface area (Å²) in [4.78, 5) is 0. The molecule has 1 aliphatic rings. The second kappa shape index (κ2) is 4.76. The van der Waals surface area contributed by atoms with E-state index in [1.807, 2.05) is 17.6 Å². The molecule has 2 N–H and O–H groups in total. The monoisotopic (exact) mass is 322 g/mol. The lowest BCUT2D eigenvalue weighted by Crippen LogP contribution is -2.18. The molecule has 1 aromatic carbocycles. The van der Waals surface area contributed by atoms with Gasteiger partial charge in [-0.1, -0.05) is 15.9 Å². The van der Waals surface area contributed by atoms with Gasteiger partial charge in [-0.2, -0.15) is 0 Å². The van der Waals surface area contributed by atoms with E-state index in [2.05, 4.69) is 22.0 Å². The molecule has 1 atom stereocenters. The number of nitrogens with two attached hydrogens (primary N) is 1. The third-order valence-electron chi connectivity index (χ3n) is 3.80. The highest BCUT2D eigenvalue weighted by atomic mass is 79.9. The van der Waals surface area contributed by atoms with Crippen LogP contribution in [0.2, 0.25) is 0 Å². The summed E-state index contributed by atoms with van der Waals surface area (Å²) in [5.41, 5.74) is 10.1. The first-order chi connectivity index (χ1) is 9.08. The van der Waals surface area contributed by atoms with Gasteiger partial charge in [0.1, 0.15) is 5.82 Å². The van der Waals surface area contributed by atoms with Crippen molar-refractivity contribution in [1.29, 1.82) is 0 Å². The number of hydrogen-bond acceptors (Lipinski definition) is 1. The maximum atomic E-state index is 14.1. The van der Waals surface area contributed by atoms with Gasteiger partial charge in [-0.3, -0.25) is 0 Å². The summed E-state index contributed by atoms with van der Waals surface area (Å²) in [7, 11) is 0. The van der Waals surface area contributed by atoms with Crippen molar-refractivity contribution in [3.05, 3.63) is 51.5 Å². The van der Waals surface area contributed by atoms with E-state index in [-0.39, 0.29) is 11.9 Å². The van der Waals surface area contributed by atoms with Crippen LogP contribution in [0.15, 0.2) is 28.7 Å². The molecular weight excluding hydrogens is 307 g/mol. The van der Waals surface area contributed by atoms with Gasteiger partial charge < -0.3 is 10.3 Å². The molecule has 1 unspecified atom stereocenters. The molecule has 4 heteroatoms. The highest BCUT2D eigenvalue weighted by Gasteiger charge is 2.23. The van der Waals surface area contributed by atoms with Gasteiger partial charge in [0.2, 0.25) is 0 Å². The average molecular weight is 323 g/mol. The van der Waals surface area contributed by atoms with E-state index in [0.717, 1.165) is 35.1 Å². The molecule has 0 amide bonds. The quantitative estimate of drug-likeness (QED) is 0.844. The van der Waals surface area contributed by atoms with E-state index in [1.54, 1.807) is 6.07 Å². The number of fused-ring (bicyclic) bond motifs is 1. The van der Waals surface area contributed by atoms with Crippen LogP contribution in [0.1, 0.15) is 35.8 Å². The van der Waals surface area contributed by atoms with Crippen LogP contribution in [0.4, 0.5) is 4.39 Å². The summed E-state index contributed by atoms with van der Waals surface area (Å²) >= 11 is 3.41. The van der Waals surface area contributed by atoms with Crippen LogP contribution < -0.4 is 5.73 Å². The number of rotatable bonds is 1. The molecule has 0 spiro atoms. The number of hydrogen-bond donors (Lipinski definition) is 1. The smallest absolute Gasteiger partial charge is 0.147 e. The van der Waals surface area contributed by atoms with E-state index in [4.69, 9.17) is 5.73 Å². The van der Waals surface area contributed by atoms with Crippen molar-refractivity contribution >= 4 is 15.9 Å². The summed E-state index contributed by atoms with van der Waals surface area (Å²) in [5, 5.41) is 0. The molecule has 2 aromatic rings. The highest BCUT2D eigenvalue weighted by Crippen LogP contribution is 2.34. The van der Waals surface area contributed by atoms with Crippen LogP contribution in [0, 0.1) is 12.7 Å². The Balaban J connectivity index is 2.23. The van der Waals surface area contributed by atoms with Crippen molar-refractivity contribution in [1.82, 2.24) is 4.57 Å². The normalized spacial score (nSPS) is 18.4. The fourth-order valence-electron chi connectivity index (χ4n) is 2.93. The van der Waals surface area contributed by atoms with Gasteiger partial charge in [0.15, 0.2) is 0 Å². The highest BCUT2D eigenvalue weighted by molar-refractivity contribution is 9.10. The van der Waals surface area contributed by atoms with Gasteiger partial charge >= 0.3 is 0 Å². The molecule has 0 saturated heterocycles. The molecule has 1 heterocycles. The number of halogens is 2. The zero-order chi connectivity index (χ0) is 13.6. The Morgan fingerprint density at radius 1 is 1.37 bits per heavy atom. The lowest BCUT2D eigenvalue weighted by molar-refractivity contribution is 0.555. The maximum absolute atomic E-state index is 14.1. The standard InChI is InChI=1S/C15H16BrFN2/c1-9-7-11-13(18)3-2-4-14(11)19(9)15-8-10(16)5-6-12(15)17/h5-8,13H,2-4,18H2,1H3. The fraction of sp³-hybridized carbons (Fsp3) is 0.333. The molecule has 19 heavy (non-hydrogen) atoms. The SMILES string of the molecule is Cc1cc2c(n1-c1cc(Br)ccc1F)CCCC2N. The molecule has 100 valence electrons. The molecular formula is C15H16BrFN2. The fourth-order valence-corrected chi connectivity index (χ4v) is 3.28. The first-order valence-electron chi connectivity index (χ1n) is 6.50. The Kier molecular flexibility index (Phi) is 3.23. The maximum Gasteiger partial charge on any atom is 0.147 e. The zero-order valence-corrected chi connectivity index (χ0v) is 12.4. The van der Waals surface area contributed by atoms with Crippen molar-refractivity contribution in [3.63, 3.8) is 0 Å². The topological polar surface area (TPSA) is 30.9 Å². The van der Waals surface area contributed by atoms with Crippen molar-refractivity contribution in [2.75, 3.05) is 0 Å². The van der Waals surface area contributed by atoms with E-state index in [0.29, 0.717) is 5.69 Å². The Morgan fingerprint density at radius 2 is 2.16 bits per heavy atom. The predicted octanol–water partition coefficient (Wildman–Crippen LogP) is 4.02. The van der Waals surface area contributed by atoms with E-state index in [9.17, 15) is 4.39 Å². The average Bonchev–Trinajstić information content (AvgIpc) is 2.70. The minimum atomic E-state index is -0.205. The number of aryl methyl sites for hydroxylation is 1. The van der Waals surface area contributed by atoms with Crippen LogP contribution in [0.25, 0.3) is 5.69 Å². The third kappa shape index (κ3) is 2.13. The van der Waals surface area contributed by atoms with E-state index in [1.165, 1.54) is 11.6 Å². The Labute approximate surface area is 120 Å². The molecule has 0 saturated carbocycles. The molecule has 2 nitrogen and oxygen atoms in total. The molecule has 0 aliphatic heterocycles. The largest absolute Gasteiger partial charge is 0.324 e. The minimum absolute atomic E-state index is 0.0823. The van der Waals surface area contributed by atoms with Gasteiger partial charge in [-0.15, -0.1) is 0 Å². The Hall–Kier alpha value is -1.13. The first-order valence-corrected chi connectivity index (χ1v) is 7.29. The van der Waals surface area contributed by atoms with Crippen molar-refractivity contribution in [2.45, 2.75) is 32.2 Å². The van der Waals surface area contributed by atoms with Crippen molar-refractivity contribution < 1.29 is 4.39 Å². The number of benzene rings is 1. The summed E-state index contributed by atoms with van der Waals surface area (Å²) in [5.74, 6) is -0.205. The summed E-state index contributed by atoms with van der Waals surface area (Å²) < 4.78 is 17.0.